The van der Waals surface area contributed by atoms with Crippen molar-refractivity contribution in [2.45, 2.75) is 39.3 Å². The maximum atomic E-state index is 11.7. The highest BCUT2D eigenvalue weighted by Gasteiger charge is 2.15. The summed E-state index contributed by atoms with van der Waals surface area (Å²) in [6, 6.07) is 3.38. The summed E-state index contributed by atoms with van der Waals surface area (Å²) in [4.78, 5) is 15.9. The predicted octanol–water partition coefficient (Wildman–Crippen LogP) is 1.83. The van der Waals surface area contributed by atoms with E-state index >= 15 is 0 Å². The third-order valence-electron chi connectivity index (χ3n) is 2.38. The van der Waals surface area contributed by atoms with E-state index in [2.05, 4.69) is 10.3 Å². The Hall–Kier alpha value is -1.62. The molecule has 0 radical (unpaired) electrons. The Morgan fingerprint density at radius 1 is 1.56 bits per heavy atom. The lowest BCUT2D eigenvalue weighted by Gasteiger charge is -2.17. The number of esters is 1. The molecule has 2 N–H and O–H groups in total. The molecular formula is C13H20N2O3. The summed E-state index contributed by atoms with van der Waals surface area (Å²) in [7, 11) is 0. The summed E-state index contributed by atoms with van der Waals surface area (Å²) in [5, 5.41) is 12.4. The Bertz CT molecular complexity index is 394. The third-order valence-corrected chi connectivity index (χ3v) is 2.38. The normalized spacial score (nSPS) is 13.8. The number of carbonyl (C=O) groups is 1. The van der Waals surface area contributed by atoms with Gasteiger partial charge in [-0.15, -0.1) is 0 Å². The van der Waals surface area contributed by atoms with E-state index in [1.807, 2.05) is 6.92 Å². The lowest BCUT2D eigenvalue weighted by molar-refractivity contribution is 0.0527. The Morgan fingerprint density at radius 3 is 2.89 bits per heavy atom. The van der Waals surface area contributed by atoms with Crippen molar-refractivity contribution in [3.8, 4) is 0 Å². The molecule has 5 heteroatoms. The summed E-state index contributed by atoms with van der Waals surface area (Å²) in [5.74, 6) is 0.0986. The molecule has 1 aromatic heterocycles. The first-order chi connectivity index (χ1) is 8.54. The van der Waals surface area contributed by atoms with Gasteiger partial charge in [0.1, 0.15) is 11.4 Å². The highest BCUT2D eigenvalue weighted by atomic mass is 16.5. The number of rotatable bonds is 6. The van der Waals surface area contributed by atoms with Crippen LogP contribution in [-0.2, 0) is 4.74 Å². The van der Waals surface area contributed by atoms with Gasteiger partial charge in [0.15, 0.2) is 0 Å². The average Bonchev–Trinajstić information content (AvgIpc) is 2.28. The van der Waals surface area contributed by atoms with Crippen LogP contribution >= 0.6 is 0 Å². The second-order valence-corrected chi connectivity index (χ2v) is 4.25. The number of aliphatic hydroxyl groups excluding tert-OH is 1. The van der Waals surface area contributed by atoms with Gasteiger partial charge in [-0.05, 0) is 39.3 Å². The molecule has 0 aliphatic rings. The van der Waals surface area contributed by atoms with E-state index in [9.17, 15) is 9.90 Å². The molecule has 2 unspecified atom stereocenters. The topological polar surface area (TPSA) is 71.5 Å². The number of hydrogen-bond donors (Lipinski definition) is 2. The minimum Gasteiger partial charge on any atom is -0.462 e. The number of carbonyl (C=O) groups excluding carboxylic acids is 1. The van der Waals surface area contributed by atoms with Crippen LogP contribution in [0.15, 0.2) is 18.3 Å². The number of aromatic nitrogens is 1. The van der Waals surface area contributed by atoms with Gasteiger partial charge in [0.2, 0.25) is 0 Å². The summed E-state index contributed by atoms with van der Waals surface area (Å²) in [6.45, 7) is 5.74. The van der Waals surface area contributed by atoms with Crippen LogP contribution in [0.5, 0.6) is 0 Å². The number of anilines is 1. The zero-order chi connectivity index (χ0) is 13.5. The first-order valence-corrected chi connectivity index (χ1v) is 6.11. The van der Waals surface area contributed by atoms with Crippen LogP contribution in [0.4, 0.5) is 5.82 Å². The molecule has 0 aromatic carbocycles. The van der Waals surface area contributed by atoms with Crippen molar-refractivity contribution in [3.63, 3.8) is 0 Å². The summed E-state index contributed by atoms with van der Waals surface area (Å²) in [5.41, 5.74) is 0.414. The van der Waals surface area contributed by atoms with E-state index in [4.69, 9.17) is 4.74 Å². The standard InChI is InChI=1S/C13H20N2O3/c1-4-18-13(17)11-6-5-7-14-12(11)15-9(2)8-10(3)16/h5-7,9-10,16H,4,8H2,1-3H3,(H,14,15). The number of aliphatic hydroxyl groups is 1. The second-order valence-electron chi connectivity index (χ2n) is 4.25. The van der Waals surface area contributed by atoms with E-state index in [1.165, 1.54) is 0 Å². The summed E-state index contributed by atoms with van der Waals surface area (Å²) < 4.78 is 4.96. The number of hydrogen-bond acceptors (Lipinski definition) is 5. The second kappa shape index (κ2) is 6.96. The maximum absolute atomic E-state index is 11.7. The number of nitrogens with zero attached hydrogens (tertiary/aromatic N) is 1. The molecule has 0 aliphatic carbocycles. The van der Waals surface area contributed by atoms with Crippen molar-refractivity contribution in [1.29, 1.82) is 0 Å². The smallest absolute Gasteiger partial charge is 0.341 e. The largest absolute Gasteiger partial charge is 0.462 e. The van der Waals surface area contributed by atoms with Gasteiger partial charge in [-0.1, -0.05) is 0 Å². The predicted molar refractivity (Wildman–Crippen MR) is 69.6 cm³/mol. The first kappa shape index (κ1) is 14.4. The molecule has 5 nitrogen and oxygen atoms in total. The zero-order valence-electron chi connectivity index (χ0n) is 11.0. The Morgan fingerprint density at radius 2 is 2.28 bits per heavy atom. The molecule has 0 spiro atoms. The van der Waals surface area contributed by atoms with E-state index < -0.39 is 12.1 Å². The fourth-order valence-corrected chi connectivity index (χ4v) is 1.70. The molecule has 0 saturated heterocycles. The Kier molecular flexibility index (Phi) is 5.58. The summed E-state index contributed by atoms with van der Waals surface area (Å²) in [6.07, 6.45) is 1.79. The molecule has 1 heterocycles. The van der Waals surface area contributed by atoms with Crippen molar-refractivity contribution >= 4 is 11.8 Å². The lowest BCUT2D eigenvalue weighted by Crippen LogP contribution is -2.23. The minimum atomic E-state index is -0.401. The van der Waals surface area contributed by atoms with Gasteiger partial charge < -0.3 is 15.2 Å². The van der Waals surface area contributed by atoms with Crippen LogP contribution in [0.1, 0.15) is 37.6 Å². The van der Waals surface area contributed by atoms with Crippen LogP contribution in [0.2, 0.25) is 0 Å². The fraction of sp³-hybridized carbons (Fsp3) is 0.538. The molecule has 18 heavy (non-hydrogen) atoms. The van der Waals surface area contributed by atoms with Gasteiger partial charge in [0.05, 0.1) is 12.7 Å². The third kappa shape index (κ3) is 4.33. The minimum absolute atomic E-state index is 0.0214. The fourth-order valence-electron chi connectivity index (χ4n) is 1.70. The molecule has 0 fully saturated rings. The molecule has 1 rings (SSSR count). The van der Waals surface area contributed by atoms with Crippen molar-refractivity contribution in [3.05, 3.63) is 23.9 Å². The highest BCUT2D eigenvalue weighted by Crippen LogP contribution is 2.15. The highest BCUT2D eigenvalue weighted by molar-refractivity contribution is 5.94. The van der Waals surface area contributed by atoms with E-state index in [0.717, 1.165) is 0 Å². The number of pyridine rings is 1. The molecule has 100 valence electrons. The van der Waals surface area contributed by atoms with Crippen molar-refractivity contribution in [2.75, 3.05) is 11.9 Å². The van der Waals surface area contributed by atoms with Gasteiger partial charge in [-0.2, -0.15) is 0 Å². The van der Waals surface area contributed by atoms with Gasteiger partial charge in [-0.25, -0.2) is 9.78 Å². The van der Waals surface area contributed by atoms with Gasteiger partial charge in [-0.3, -0.25) is 0 Å². The zero-order valence-corrected chi connectivity index (χ0v) is 11.0. The monoisotopic (exact) mass is 252 g/mol. The van der Waals surface area contributed by atoms with Crippen LogP contribution in [0.25, 0.3) is 0 Å². The van der Waals surface area contributed by atoms with Crippen LogP contribution in [-0.4, -0.2) is 34.8 Å². The van der Waals surface area contributed by atoms with Crippen LogP contribution in [0, 0.1) is 0 Å². The van der Waals surface area contributed by atoms with E-state index in [-0.39, 0.29) is 6.04 Å². The SMILES string of the molecule is CCOC(=O)c1cccnc1NC(C)CC(C)O. The number of ether oxygens (including phenoxy) is 1. The quantitative estimate of drug-likeness (QED) is 0.756. The number of nitrogens with one attached hydrogen (secondary N) is 1. The van der Waals surface area contributed by atoms with Gasteiger partial charge >= 0.3 is 5.97 Å². The van der Waals surface area contributed by atoms with Crippen LogP contribution in [0.3, 0.4) is 0 Å². The average molecular weight is 252 g/mol. The van der Waals surface area contributed by atoms with Crippen molar-refractivity contribution in [2.24, 2.45) is 0 Å². The molecule has 1 aromatic rings. The Labute approximate surface area is 107 Å². The van der Waals surface area contributed by atoms with Crippen LogP contribution < -0.4 is 5.32 Å². The first-order valence-electron chi connectivity index (χ1n) is 6.11. The molecule has 2 atom stereocenters. The lowest BCUT2D eigenvalue weighted by atomic mass is 10.1. The van der Waals surface area contributed by atoms with Gasteiger partial charge in [0, 0.05) is 12.2 Å². The Balaban J connectivity index is 2.79. The van der Waals surface area contributed by atoms with Crippen molar-refractivity contribution < 1.29 is 14.6 Å². The summed E-state index contributed by atoms with van der Waals surface area (Å²) >= 11 is 0. The van der Waals surface area contributed by atoms with Crippen molar-refractivity contribution in [1.82, 2.24) is 4.98 Å². The maximum Gasteiger partial charge on any atom is 0.341 e. The van der Waals surface area contributed by atoms with E-state index in [0.29, 0.717) is 24.4 Å². The molecule has 0 aliphatic heterocycles. The van der Waals surface area contributed by atoms with Gasteiger partial charge in [0.25, 0.3) is 0 Å². The molecule has 0 amide bonds. The molecular weight excluding hydrogens is 232 g/mol. The molecule has 0 saturated carbocycles. The molecule has 0 bridgehead atoms. The van der Waals surface area contributed by atoms with E-state index in [1.54, 1.807) is 32.2 Å².